The van der Waals surface area contributed by atoms with Crippen molar-refractivity contribution in [2.75, 3.05) is 0 Å². The van der Waals surface area contributed by atoms with Gasteiger partial charge in [0, 0.05) is 6.42 Å². The normalized spacial score (nSPS) is 10.3. The average molecular weight is 279 g/mol. The van der Waals surface area contributed by atoms with Gasteiger partial charge < -0.3 is 15.3 Å². The van der Waals surface area contributed by atoms with E-state index in [1.165, 1.54) is 6.07 Å². The van der Waals surface area contributed by atoms with Crippen LogP contribution in [0.3, 0.4) is 0 Å². The lowest BCUT2D eigenvalue weighted by Gasteiger charge is -2.07. The number of carboxylic acid groups (broad SMARTS) is 1. The van der Waals surface area contributed by atoms with Crippen LogP contribution in [0.25, 0.3) is 0 Å². The van der Waals surface area contributed by atoms with Gasteiger partial charge in [-0.25, -0.2) is 4.39 Å². The molecule has 1 aromatic carbocycles. The third-order valence-electron chi connectivity index (χ3n) is 1.86. The van der Waals surface area contributed by atoms with Gasteiger partial charge >= 0.3 is 5.97 Å². The van der Waals surface area contributed by atoms with Crippen LogP contribution >= 0.6 is 15.9 Å². The van der Waals surface area contributed by atoms with Crippen LogP contribution in [-0.4, -0.2) is 21.3 Å². The molecule has 0 unspecified atom stereocenters. The van der Waals surface area contributed by atoms with Gasteiger partial charge in [-0.3, -0.25) is 4.79 Å². The summed E-state index contributed by atoms with van der Waals surface area (Å²) in [5, 5.41) is 26.9. The van der Waals surface area contributed by atoms with E-state index in [1.807, 2.05) is 0 Å². The molecule has 3 N–H and O–H groups in total. The number of aromatic hydroxyl groups is 2. The maximum Gasteiger partial charge on any atom is 0.303 e. The first-order valence-electron chi connectivity index (χ1n) is 4.04. The maximum atomic E-state index is 13.0. The van der Waals surface area contributed by atoms with Crippen molar-refractivity contribution < 1.29 is 24.5 Å². The van der Waals surface area contributed by atoms with Crippen molar-refractivity contribution in [1.82, 2.24) is 0 Å². The largest absolute Gasteiger partial charge is 0.504 e. The Bertz CT molecular complexity index is 406. The highest BCUT2D eigenvalue weighted by Gasteiger charge is 2.16. The lowest BCUT2D eigenvalue weighted by atomic mass is 10.1. The third-order valence-corrected chi connectivity index (χ3v) is 2.43. The maximum absolute atomic E-state index is 13.0. The predicted octanol–water partition coefficient (Wildman–Crippen LogP) is 2.02. The van der Waals surface area contributed by atoms with E-state index in [2.05, 4.69) is 15.9 Å². The summed E-state index contributed by atoms with van der Waals surface area (Å²) in [5.41, 5.74) is 0.183. The molecule has 6 heteroatoms. The average Bonchev–Trinajstić information content (AvgIpc) is 2.18. The summed E-state index contributed by atoms with van der Waals surface area (Å²) in [6.07, 6.45) is -0.182. The smallest absolute Gasteiger partial charge is 0.303 e. The number of halogens is 2. The molecule has 0 spiro atoms. The number of hydrogen-bond donors (Lipinski definition) is 3. The highest BCUT2D eigenvalue weighted by atomic mass is 79.9. The van der Waals surface area contributed by atoms with Gasteiger partial charge in [-0.15, -0.1) is 0 Å². The first-order valence-corrected chi connectivity index (χ1v) is 4.83. The van der Waals surface area contributed by atoms with Gasteiger partial charge in [0.1, 0.15) is 0 Å². The molecule has 0 aromatic heterocycles. The number of hydrogen-bond acceptors (Lipinski definition) is 3. The summed E-state index contributed by atoms with van der Waals surface area (Å²) in [6.45, 7) is 0. The number of carbonyl (C=O) groups is 1. The minimum absolute atomic E-state index is 0.0156. The van der Waals surface area contributed by atoms with Gasteiger partial charge in [0.2, 0.25) is 0 Å². The lowest BCUT2D eigenvalue weighted by molar-refractivity contribution is -0.136. The second-order valence-corrected chi connectivity index (χ2v) is 3.78. The molecule has 0 aliphatic heterocycles. The summed E-state index contributed by atoms with van der Waals surface area (Å²) in [7, 11) is 0. The molecule has 1 aromatic rings. The van der Waals surface area contributed by atoms with Gasteiger partial charge in [-0.2, -0.15) is 0 Å². The minimum atomic E-state index is -1.03. The number of aliphatic carboxylic acids is 1. The number of carboxylic acids is 1. The standard InChI is InChI=1S/C9H8BrFO4/c10-5-3-4(1-2-6(12)13)8(14)9(15)7(5)11/h3,14-15H,1-2H2,(H,12,13). The molecule has 0 amide bonds. The molecule has 4 nitrogen and oxygen atoms in total. The van der Waals surface area contributed by atoms with E-state index in [4.69, 9.17) is 10.2 Å². The molecular formula is C9H8BrFO4. The summed E-state index contributed by atoms with van der Waals surface area (Å²) in [5.74, 6) is -3.48. The first-order chi connectivity index (χ1) is 6.93. The van der Waals surface area contributed by atoms with E-state index in [0.29, 0.717) is 0 Å². The number of aryl methyl sites for hydroxylation is 1. The summed E-state index contributed by atoms with van der Waals surface area (Å²) in [4.78, 5) is 10.3. The fourth-order valence-electron chi connectivity index (χ4n) is 1.09. The molecule has 0 aliphatic rings. The Morgan fingerprint density at radius 1 is 1.40 bits per heavy atom. The minimum Gasteiger partial charge on any atom is -0.504 e. The molecule has 15 heavy (non-hydrogen) atoms. The van der Waals surface area contributed by atoms with Crippen molar-refractivity contribution in [3.05, 3.63) is 21.9 Å². The van der Waals surface area contributed by atoms with E-state index in [0.717, 1.165) is 0 Å². The third kappa shape index (κ3) is 2.59. The topological polar surface area (TPSA) is 77.8 Å². The second kappa shape index (κ2) is 4.48. The molecule has 0 heterocycles. The molecular weight excluding hydrogens is 271 g/mol. The highest BCUT2D eigenvalue weighted by molar-refractivity contribution is 9.10. The Morgan fingerprint density at radius 2 is 2.00 bits per heavy atom. The van der Waals surface area contributed by atoms with Crippen LogP contribution in [0.15, 0.2) is 10.5 Å². The van der Waals surface area contributed by atoms with Crippen molar-refractivity contribution in [1.29, 1.82) is 0 Å². The van der Waals surface area contributed by atoms with Gasteiger partial charge in [0.15, 0.2) is 17.3 Å². The van der Waals surface area contributed by atoms with E-state index in [1.54, 1.807) is 0 Å². The van der Waals surface area contributed by atoms with Crippen LogP contribution in [0.1, 0.15) is 12.0 Å². The molecule has 0 aliphatic carbocycles. The Morgan fingerprint density at radius 3 is 2.53 bits per heavy atom. The van der Waals surface area contributed by atoms with Gasteiger partial charge in [-0.1, -0.05) is 0 Å². The van der Waals surface area contributed by atoms with E-state index >= 15 is 0 Å². The van der Waals surface area contributed by atoms with E-state index in [-0.39, 0.29) is 22.9 Å². The number of phenolic OH excluding ortho intramolecular Hbond substituents is 2. The Balaban J connectivity index is 3.04. The van der Waals surface area contributed by atoms with E-state index in [9.17, 15) is 14.3 Å². The molecule has 0 bridgehead atoms. The van der Waals surface area contributed by atoms with Crippen molar-refractivity contribution in [3.63, 3.8) is 0 Å². The zero-order valence-corrected chi connectivity index (χ0v) is 9.08. The van der Waals surface area contributed by atoms with E-state index < -0.39 is 23.3 Å². The zero-order chi connectivity index (χ0) is 11.6. The highest BCUT2D eigenvalue weighted by Crippen LogP contribution is 2.36. The molecule has 0 saturated heterocycles. The number of phenols is 2. The monoisotopic (exact) mass is 278 g/mol. The first kappa shape index (κ1) is 11.8. The number of benzene rings is 1. The van der Waals surface area contributed by atoms with Crippen molar-refractivity contribution in [2.45, 2.75) is 12.8 Å². The van der Waals surface area contributed by atoms with Crippen LogP contribution in [0.5, 0.6) is 11.5 Å². The van der Waals surface area contributed by atoms with Crippen LogP contribution in [0.4, 0.5) is 4.39 Å². The number of rotatable bonds is 3. The van der Waals surface area contributed by atoms with Crippen LogP contribution < -0.4 is 0 Å². The zero-order valence-electron chi connectivity index (χ0n) is 7.50. The molecule has 0 fully saturated rings. The lowest BCUT2D eigenvalue weighted by Crippen LogP contribution is -1.98. The fraction of sp³-hybridized carbons (Fsp3) is 0.222. The van der Waals surface area contributed by atoms with Crippen molar-refractivity contribution in [2.24, 2.45) is 0 Å². The second-order valence-electron chi connectivity index (χ2n) is 2.92. The molecule has 1 rings (SSSR count). The Hall–Kier alpha value is -1.30. The van der Waals surface area contributed by atoms with Gasteiger partial charge in [0.25, 0.3) is 0 Å². The quantitative estimate of drug-likeness (QED) is 0.740. The predicted molar refractivity (Wildman–Crippen MR) is 53.4 cm³/mol. The summed E-state index contributed by atoms with van der Waals surface area (Å²) in [6, 6.07) is 1.24. The molecule has 0 radical (unpaired) electrons. The summed E-state index contributed by atoms with van der Waals surface area (Å²) >= 11 is 2.84. The van der Waals surface area contributed by atoms with Crippen molar-refractivity contribution in [3.8, 4) is 11.5 Å². The molecule has 0 atom stereocenters. The van der Waals surface area contributed by atoms with Crippen molar-refractivity contribution >= 4 is 21.9 Å². The SMILES string of the molecule is O=C(O)CCc1cc(Br)c(F)c(O)c1O. The fourth-order valence-corrected chi connectivity index (χ4v) is 1.55. The van der Waals surface area contributed by atoms with Crippen LogP contribution in [0.2, 0.25) is 0 Å². The summed E-state index contributed by atoms with van der Waals surface area (Å²) < 4.78 is 13.0. The van der Waals surface area contributed by atoms with Crippen LogP contribution in [0, 0.1) is 5.82 Å². The van der Waals surface area contributed by atoms with Gasteiger partial charge in [-0.05, 0) is 34.0 Å². The molecule has 82 valence electrons. The Kier molecular flexibility index (Phi) is 3.52. The molecule has 0 saturated carbocycles. The van der Waals surface area contributed by atoms with Crippen LogP contribution in [-0.2, 0) is 11.2 Å². The Labute approximate surface area is 93.1 Å². The van der Waals surface area contributed by atoms with Gasteiger partial charge in [0.05, 0.1) is 4.47 Å².